The lowest BCUT2D eigenvalue weighted by molar-refractivity contribution is -0.143. The summed E-state index contributed by atoms with van der Waals surface area (Å²) in [6.07, 6.45) is 1.18. The van der Waals surface area contributed by atoms with E-state index in [1.165, 1.54) is 19.2 Å². The van der Waals surface area contributed by atoms with Crippen LogP contribution in [-0.2, 0) is 23.8 Å². The van der Waals surface area contributed by atoms with Gasteiger partial charge in [-0.2, -0.15) is 0 Å². The molecule has 29 heavy (non-hydrogen) atoms. The molecule has 9 heteroatoms. The zero-order valence-electron chi connectivity index (χ0n) is 16.0. The predicted molar refractivity (Wildman–Crippen MR) is 98.9 cm³/mol. The Morgan fingerprint density at radius 3 is 2.59 bits per heavy atom. The summed E-state index contributed by atoms with van der Waals surface area (Å²) in [6.45, 7) is 1.40. The third-order valence-corrected chi connectivity index (χ3v) is 4.25. The van der Waals surface area contributed by atoms with Gasteiger partial charge in [0, 0.05) is 11.5 Å². The molecule has 2 rings (SSSR count). The molecule has 0 spiro atoms. The van der Waals surface area contributed by atoms with Crippen LogP contribution in [0.25, 0.3) is 0 Å². The fourth-order valence-electron chi connectivity index (χ4n) is 2.80. The number of aliphatic hydroxyl groups excluding tert-OH is 1. The van der Waals surface area contributed by atoms with Crippen molar-refractivity contribution in [3.63, 3.8) is 0 Å². The molecule has 9 nitrogen and oxygen atoms in total. The van der Waals surface area contributed by atoms with Gasteiger partial charge in [-0.1, -0.05) is 18.2 Å². The second kappa shape index (κ2) is 10.3. The van der Waals surface area contributed by atoms with E-state index in [1.807, 2.05) is 0 Å². The van der Waals surface area contributed by atoms with Gasteiger partial charge in [-0.05, 0) is 19.1 Å². The Bertz CT molecular complexity index is 825. The molecule has 1 aromatic carbocycles. The standard InChI is InChI=1S/C20H22O9/c1-3-12-14(10-17(21)26-2)15(11-29-19(12)24)20(25)28-9-8-27-16-7-5-4-6-13(16)18(22)23/h3-7,11,14,19,24H,8-10H2,1-2H3,(H,22,23)/b12-3-. The van der Waals surface area contributed by atoms with Crippen molar-refractivity contribution in [2.75, 3.05) is 20.3 Å². The highest BCUT2D eigenvalue weighted by molar-refractivity contribution is 5.91. The van der Waals surface area contributed by atoms with Crippen molar-refractivity contribution in [3.05, 3.63) is 53.3 Å². The smallest absolute Gasteiger partial charge is 0.339 e. The third kappa shape index (κ3) is 5.58. The second-order valence-electron chi connectivity index (χ2n) is 5.97. The van der Waals surface area contributed by atoms with Gasteiger partial charge in [0.05, 0.1) is 25.4 Å². The van der Waals surface area contributed by atoms with E-state index in [9.17, 15) is 19.5 Å². The fourth-order valence-corrected chi connectivity index (χ4v) is 2.80. The van der Waals surface area contributed by atoms with Crippen LogP contribution >= 0.6 is 0 Å². The van der Waals surface area contributed by atoms with E-state index in [0.29, 0.717) is 5.57 Å². The Morgan fingerprint density at radius 1 is 1.21 bits per heavy atom. The summed E-state index contributed by atoms with van der Waals surface area (Å²) in [5.74, 6) is -3.04. The number of carbonyl (C=O) groups is 3. The van der Waals surface area contributed by atoms with Gasteiger partial charge in [-0.15, -0.1) is 0 Å². The number of carboxylic acid groups (broad SMARTS) is 1. The molecule has 0 saturated carbocycles. The van der Waals surface area contributed by atoms with Crippen molar-refractivity contribution in [1.29, 1.82) is 0 Å². The zero-order valence-corrected chi connectivity index (χ0v) is 16.0. The maximum atomic E-state index is 12.5. The van der Waals surface area contributed by atoms with Gasteiger partial charge in [0.2, 0.25) is 6.29 Å². The number of carboxylic acids is 1. The van der Waals surface area contributed by atoms with Crippen LogP contribution in [0.3, 0.4) is 0 Å². The monoisotopic (exact) mass is 406 g/mol. The minimum absolute atomic E-state index is 0.00734. The average Bonchev–Trinajstić information content (AvgIpc) is 2.71. The number of ether oxygens (including phenoxy) is 4. The number of esters is 2. The minimum Gasteiger partial charge on any atom is -0.489 e. The maximum absolute atomic E-state index is 12.5. The van der Waals surface area contributed by atoms with Gasteiger partial charge in [0.25, 0.3) is 0 Å². The summed E-state index contributed by atoms with van der Waals surface area (Å²) in [5, 5.41) is 19.0. The van der Waals surface area contributed by atoms with Crippen molar-refractivity contribution in [2.45, 2.75) is 19.6 Å². The number of hydrogen-bond acceptors (Lipinski definition) is 8. The molecule has 1 heterocycles. The van der Waals surface area contributed by atoms with Crippen LogP contribution in [0.5, 0.6) is 5.75 Å². The molecule has 2 atom stereocenters. The van der Waals surface area contributed by atoms with Crippen molar-refractivity contribution < 1.29 is 43.5 Å². The van der Waals surface area contributed by atoms with Crippen LogP contribution in [-0.4, -0.2) is 54.7 Å². The molecule has 156 valence electrons. The first-order valence-corrected chi connectivity index (χ1v) is 8.77. The normalized spacial score (nSPS) is 19.7. The molecule has 0 bridgehead atoms. The molecule has 0 aromatic heterocycles. The lowest BCUT2D eigenvalue weighted by Crippen LogP contribution is -2.31. The number of allylic oxidation sites excluding steroid dienone is 1. The molecular weight excluding hydrogens is 384 g/mol. The lowest BCUT2D eigenvalue weighted by Gasteiger charge is -2.29. The van der Waals surface area contributed by atoms with Crippen LogP contribution in [0.2, 0.25) is 0 Å². The van der Waals surface area contributed by atoms with Crippen LogP contribution < -0.4 is 4.74 Å². The number of para-hydroxylation sites is 1. The van der Waals surface area contributed by atoms with E-state index in [-0.39, 0.29) is 36.5 Å². The van der Waals surface area contributed by atoms with Gasteiger partial charge >= 0.3 is 17.9 Å². The van der Waals surface area contributed by atoms with Crippen LogP contribution in [0.15, 0.2) is 47.7 Å². The molecule has 1 aliphatic heterocycles. The molecule has 2 unspecified atom stereocenters. The largest absolute Gasteiger partial charge is 0.489 e. The summed E-state index contributed by atoms with van der Waals surface area (Å²) in [7, 11) is 1.22. The van der Waals surface area contributed by atoms with Gasteiger partial charge < -0.3 is 29.2 Å². The van der Waals surface area contributed by atoms with E-state index in [0.717, 1.165) is 6.26 Å². The molecular formula is C20H22O9. The molecule has 0 fully saturated rings. The number of rotatable bonds is 8. The highest BCUT2D eigenvalue weighted by atomic mass is 16.6. The van der Waals surface area contributed by atoms with Crippen molar-refractivity contribution in [2.24, 2.45) is 5.92 Å². The summed E-state index contributed by atoms with van der Waals surface area (Å²) < 4.78 is 20.2. The SMILES string of the molecule is C/C=C1\C(O)OC=C(C(=O)OCCOc2ccccc2C(=O)O)C1CC(=O)OC. The molecule has 0 aliphatic carbocycles. The van der Waals surface area contributed by atoms with Crippen molar-refractivity contribution >= 4 is 17.9 Å². The number of hydrogen-bond donors (Lipinski definition) is 2. The van der Waals surface area contributed by atoms with E-state index in [2.05, 4.69) is 4.74 Å². The minimum atomic E-state index is -1.28. The van der Waals surface area contributed by atoms with E-state index in [1.54, 1.807) is 25.1 Å². The predicted octanol–water partition coefficient (Wildman–Crippen LogP) is 1.66. The summed E-state index contributed by atoms with van der Waals surface area (Å²) in [5.41, 5.74) is 0.392. The van der Waals surface area contributed by atoms with E-state index in [4.69, 9.17) is 19.3 Å². The molecule has 1 aromatic rings. The Balaban J connectivity index is 2.00. The number of aliphatic hydroxyl groups is 1. The van der Waals surface area contributed by atoms with Gasteiger partial charge in [0.15, 0.2) is 0 Å². The lowest BCUT2D eigenvalue weighted by atomic mass is 9.86. The Hall–Kier alpha value is -3.33. The van der Waals surface area contributed by atoms with E-state index < -0.39 is 30.1 Å². The molecule has 0 saturated heterocycles. The molecule has 1 aliphatic rings. The summed E-state index contributed by atoms with van der Waals surface area (Å²) in [6, 6.07) is 6.09. The maximum Gasteiger partial charge on any atom is 0.339 e. The number of methoxy groups -OCH3 is 1. The van der Waals surface area contributed by atoms with Crippen molar-refractivity contribution in [3.8, 4) is 5.75 Å². The first-order valence-electron chi connectivity index (χ1n) is 8.77. The van der Waals surface area contributed by atoms with Crippen LogP contribution in [0, 0.1) is 5.92 Å². The van der Waals surface area contributed by atoms with E-state index >= 15 is 0 Å². The highest BCUT2D eigenvalue weighted by Crippen LogP contribution is 2.32. The van der Waals surface area contributed by atoms with Gasteiger partial charge in [0.1, 0.15) is 24.5 Å². The quantitative estimate of drug-likeness (QED) is 0.376. The van der Waals surface area contributed by atoms with Crippen LogP contribution in [0.4, 0.5) is 0 Å². The second-order valence-corrected chi connectivity index (χ2v) is 5.97. The van der Waals surface area contributed by atoms with Crippen molar-refractivity contribution in [1.82, 2.24) is 0 Å². The van der Waals surface area contributed by atoms with Gasteiger partial charge in [-0.25, -0.2) is 9.59 Å². The average molecular weight is 406 g/mol. The Morgan fingerprint density at radius 2 is 1.93 bits per heavy atom. The summed E-state index contributed by atoms with van der Waals surface area (Å²) >= 11 is 0. The molecule has 0 amide bonds. The third-order valence-electron chi connectivity index (χ3n) is 4.25. The summed E-state index contributed by atoms with van der Waals surface area (Å²) in [4.78, 5) is 35.3. The first-order chi connectivity index (χ1) is 13.9. The molecule has 2 N–H and O–H groups in total. The topological polar surface area (TPSA) is 129 Å². The van der Waals surface area contributed by atoms with Gasteiger partial charge in [-0.3, -0.25) is 4.79 Å². The number of benzene rings is 1. The van der Waals surface area contributed by atoms with Crippen LogP contribution in [0.1, 0.15) is 23.7 Å². The Kier molecular flexibility index (Phi) is 7.79. The zero-order chi connectivity index (χ0) is 21.4. The Labute approximate surface area is 167 Å². The first kappa shape index (κ1) is 22.0. The fraction of sp³-hybridized carbons (Fsp3) is 0.350. The number of carbonyl (C=O) groups excluding carboxylic acids is 2. The molecule has 0 radical (unpaired) electrons. The highest BCUT2D eigenvalue weighted by Gasteiger charge is 2.35. The number of aromatic carboxylic acids is 1.